The van der Waals surface area contributed by atoms with E-state index in [1.807, 2.05) is 0 Å². The number of hydrogen-bond donors (Lipinski definition) is 2. The molecule has 3 aromatic carbocycles. The molecule has 1 aliphatic heterocycles. The monoisotopic (exact) mass is 728 g/mol. The largest absolute Gasteiger partial charge is 0.491 e. The molecule has 51 heavy (non-hydrogen) atoms. The van der Waals surface area contributed by atoms with Gasteiger partial charge in [0.2, 0.25) is 10.0 Å². The second kappa shape index (κ2) is 14.3. The number of carbonyl (C=O) groups excluding carboxylic acids is 4. The summed E-state index contributed by atoms with van der Waals surface area (Å²) in [5, 5.41) is 3.64. The average Bonchev–Trinajstić information content (AvgIpc) is 3.31. The van der Waals surface area contributed by atoms with Crippen molar-refractivity contribution in [2.45, 2.75) is 38.8 Å². The average molecular weight is 729 g/mol. The molecule has 0 aliphatic carbocycles. The quantitative estimate of drug-likeness (QED) is 0.113. The van der Waals surface area contributed by atoms with E-state index in [1.54, 1.807) is 31.6 Å². The van der Waals surface area contributed by atoms with Crippen molar-refractivity contribution in [3.05, 3.63) is 95.8 Å². The number of anilines is 1. The van der Waals surface area contributed by atoms with E-state index >= 15 is 0 Å². The highest BCUT2D eigenvalue weighted by atomic mass is 32.2. The predicted molar refractivity (Wildman–Crippen MR) is 176 cm³/mol. The van der Waals surface area contributed by atoms with Gasteiger partial charge in [0, 0.05) is 35.6 Å². The van der Waals surface area contributed by atoms with Crippen molar-refractivity contribution >= 4 is 50.2 Å². The summed E-state index contributed by atoms with van der Waals surface area (Å²) in [5.41, 5.74) is -3.68. The third kappa shape index (κ3) is 7.88. The van der Waals surface area contributed by atoms with Gasteiger partial charge in [-0.25, -0.2) is 17.9 Å². The molecule has 0 radical (unpaired) electrons. The maximum Gasteiger partial charge on any atom is 0.491 e. The number of nitrogens with one attached hydrogen (secondary N) is 2. The Hall–Kier alpha value is -5.71. The molecule has 0 spiro atoms. The van der Waals surface area contributed by atoms with Crippen LogP contribution in [0.2, 0.25) is 0 Å². The lowest BCUT2D eigenvalue weighted by molar-refractivity contribution is -0.213. The van der Waals surface area contributed by atoms with Gasteiger partial charge in [-0.3, -0.25) is 24.3 Å². The third-order valence-electron chi connectivity index (χ3n) is 7.48. The van der Waals surface area contributed by atoms with Gasteiger partial charge >= 0.3 is 18.1 Å². The van der Waals surface area contributed by atoms with Gasteiger partial charge in [0.1, 0.15) is 0 Å². The molecule has 1 atom stereocenters. The number of aromatic nitrogens is 1. The van der Waals surface area contributed by atoms with Crippen molar-refractivity contribution in [2.75, 3.05) is 24.2 Å². The minimum Gasteiger partial charge on any atom is -0.490 e. The minimum atomic E-state index is -5.64. The molecular formula is C34H31F3N4O9S. The molecule has 4 aromatic rings. The zero-order chi connectivity index (χ0) is 37.1. The number of hydrogen-bond acceptors (Lipinski definition) is 11. The number of imide groups is 1. The van der Waals surface area contributed by atoms with E-state index in [0.717, 1.165) is 12.1 Å². The van der Waals surface area contributed by atoms with Gasteiger partial charge in [-0.15, -0.1) is 0 Å². The highest BCUT2D eigenvalue weighted by molar-refractivity contribution is 7.90. The first-order chi connectivity index (χ1) is 24.0. The maximum atomic E-state index is 14.2. The van der Waals surface area contributed by atoms with Gasteiger partial charge in [-0.1, -0.05) is 18.2 Å². The van der Waals surface area contributed by atoms with Gasteiger partial charge in [0.05, 0.1) is 29.6 Å². The predicted octanol–water partition coefficient (Wildman–Crippen LogP) is 4.53. The molecule has 2 heterocycles. The number of esters is 1. The fourth-order valence-corrected chi connectivity index (χ4v) is 6.17. The Balaban J connectivity index is 1.58. The van der Waals surface area contributed by atoms with E-state index in [1.165, 1.54) is 60.9 Å². The van der Waals surface area contributed by atoms with Crippen LogP contribution < -0.4 is 19.5 Å². The lowest BCUT2D eigenvalue weighted by Gasteiger charge is -2.34. The molecule has 1 aromatic heterocycles. The van der Waals surface area contributed by atoms with Gasteiger partial charge in [0.25, 0.3) is 17.5 Å². The summed E-state index contributed by atoms with van der Waals surface area (Å²) < 4.78 is 86.3. The summed E-state index contributed by atoms with van der Waals surface area (Å²) in [5.74, 6) is -7.13. The van der Waals surface area contributed by atoms with Crippen molar-refractivity contribution in [3.63, 3.8) is 0 Å². The topological polar surface area (TPSA) is 170 Å². The van der Waals surface area contributed by atoms with Crippen LogP contribution in [0.15, 0.2) is 79.1 Å². The van der Waals surface area contributed by atoms with Crippen LogP contribution in [0.1, 0.15) is 47.1 Å². The summed E-state index contributed by atoms with van der Waals surface area (Å²) in [6.07, 6.45) is -3.08. The van der Waals surface area contributed by atoms with Gasteiger partial charge in [0.15, 0.2) is 11.5 Å². The smallest absolute Gasteiger partial charge is 0.490 e. The Morgan fingerprint density at radius 1 is 0.922 bits per heavy atom. The fraction of sp³-hybridized carbons (Fsp3) is 0.265. The van der Waals surface area contributed by atoms with E-state index in [-0.39, 0.29) is 41.0 Å². The van der Waals surface area contributed by atoms with E-state index in [2.05, 4.69) is 10.3 Å². The summed E-state index contributed by atoms with van der Waals surface area (Å²) in [7, 11) is -4.86. The molecule has 0 saturated carbocycles. The SMILES string of the molecule is CCOc1cc(C(Nc2ccc3cnccc3c2)(OC(=O)C(F)(F)F)C(=O)NS(=O)(=O)CCN2C(=O)c3ccccc3C2=O)ccc1OC(C)C. The maximum absolute atomic E-state index is 14.2. The number of alkyl halides is 3. The second-order valence-electron chi connectivity index (χ2n) is 11.4. The molecule has 0 saturated heterocycles. The molecule has 0 fully saturated rings. The molecule has 2 N–H and O–H groups in total. The number of ether oxygens (including phenoxy) is 3. The third-order valence-corrected chi connectivity index (χ3v) is 8.70. The van der Waals surface area contributed by atoms with Crippen LogP contribution in [0.5, 0.6) is 11.5 Å². The Morgan fingerprint density at radius 2 is 1.61 bits per heavy atom. The zero-order valence-electron chi connectivity index (χ0n) is 27.3. The fourth-order valence-electron chi connectivity index (χ4n) is 5.22. The van der Waals surface area contributed by atoms with Crippen molar-refractivity contribution in [1.82, 2.24) is 14.6 Å². The van der Waals surface area contributed by atoms with Crippen LogP contribution in [0.25, 0.3) is 10.8 Å². The number of carbonyl (C=O) groups is 4. The molecule has 1 unspecified atom stereocenters. The molecule has 13 nitrogen and oxygen atoms in total. The molecule has 5 rings (SSSR count). The highest BCUT2D eigenvalue weighted by Gasteiger charge is 2.53. The van der Waals surface area contributed by atoms with E-state index in [4.69, 9.17) is 14.2 Å². The first kappa shape index (κ1) is 36.6. The van der Waals surface area contributed by atoms with E-state index < -0.39 is 63.5 Å². The lowest BCUT2D eigenvalue weighted by atomic mass is 9.99. The van der Waals surface area contributed by atoms with Crippen LogP contribution >= 0.6 is 0 Å². The summed E-state index contributed by atoms with van der Waals surface area (Å²) in [4.78, 5) is 57.1. The zero-order valence-corrected chi connectivity index (χ0v) is 28.1. The minimum absolute atomic E-state index is 0.0395. The molecular weight excluding hydrogens is 697 g/mol. The number of benzene rings is 3. The Kier molecular flexibility index (Phi) is 10.2. The van der Waals surface area contributed by atoms with Crippen LogP contribution in [0.3, 0.4) is 0 Å². The molecule has 268 valence electrons. The molecule has 1 aliphatic rings. The number of fused-ring (bicyclic) bond motifs is 2. The second-order valence-corrected chi connectivity index (χ2v) is 13.3. The van der Waals surface area contributed by atoms with Crippen molar-refractivity contribution < 1.29 is 55.0 Å². The summed E-state index contributed by atoms with van der Waals surface area (Å²) >= 11 is 0. The summed E-state index contributed by atoms with van der Waals surface area (Å²) in [6.45, 7) is 4.34. The number of pyridine rings is 1. The van der Waals surface area contributed by atoms with Crippen LogP contribution in [0, 0.1) is 0 Å². The normalized spacial score (nSPS) is 14.2. The first-order valence-corrected chi connectivity index (χ1v) is 17.1. The van der Waals surface area contributed by atoms with Gasteiger partial charge in [-0.2, -0.15) is 13.2 Å². The Morgan fingerprint density at radius 3 is 2.24 bits per heavy atom. The Bertz CT molecular complexity index is 2090. The highest BCUT2D eigenvalue weighted by Crippen LogP contribution is 2.38. The van der Waals surface area contributed by atoms with Crippen molar-refractivity contribution in [3.8, 4) is 11.5 Å². The van der Waals surface area contributed by atoms with Crippen LogP contribution in [-0.4, -0.2) is 73.2 Å². The molecule has 0 bridgehead atoms. The van der Waals surface area contributed by atoms with Crippen molar-refractivity contribution in [2.24, 2.45) is 0 Å². The van der Waals surface area contributed by atoms with Gasteiger partial charge in [-0.05, 0) is 74.7 Å². The standard InChI is InChI=1S/C34H31F3N4O9S/c1-4-48-28-18-23(10-12-27(28)49-20(2)3)33(50-32(45)34(35,36)37,39-24-11-9-22-19-38-14-13-21(22)17-24)31(44)40-51(46,47)16-15-41-29(42)25-7-5-6-8-26(25)30(41)43/h5-14,17-20,39H,4,15-16H2,1-3H3,(H,40,44). The Labute approximate surface area is 289 Å². The molecule has 3 amide bonds. The van der Waals surface area contributed by atoms with E-state index in [9.17, 15) is 40.8 Å². The number of nitrogens with zero attached hydrogens (tertiary/aromatic N) is 2. The lowest BCUT2D eigenvalue weighted by Crippen LogP contribution is -2.56. The number of amides is 3. The number of sulfonamides is 1. The summed E-state index contributed by atoms with van der Waals surface area (Å²) in [6, 6.07) is 15.1. The van der Waals surface area contributed by atoms with Crippen LogP contribution in [0.4, 0.5) is 18.9 Å². The first-order valence-electron chi connectivity index (χ1n) is 15.4. The molecule has 17 heteroatoms. The van der Waals surface area contributed by atoms with Crippen LogP contribution in [-0.2, 0) is 30.1 Å². The van der Waals surface area contributed by atoms with E-state index in [0.29, 0.717) is 15.7 Å². The van der Waals surface area contributed by atoms with Crippen molar-refractivity contribution in [1.29, 1.82) is 0 Å². The number of rotatable bonds is 13. The van der Waals surface area contributed by atoms with Gasteiger partial charge < -0.3 is 19.5 Å². The number of halogens is 3.